The molecule has 1 aromatic carbocycles. The number of aromatic nitrogens is 1. The lowest BCUT2D eigenvalue weighted by Crippen LogP contribution is -2.29. The van der Waals surface area contributed by atoms with Crippen molar-refractivity contribution in [2.24, 2.45) is 5.92 Å². The largest absolute Gasteiger partial charge is 0.534 e. The Bertz CT molecular complexity index is 1260. The Morgan fingerprint density at radius 3 is 2.38 bits per heavy atom. The van der Waals surface area contributed by atoms with Crippen molar-refractivity contribution in [3.8, 4) is 28.6 Å². The molecular weight excluding hydrogens is 519 g/mol. The van der Waals surface area contributed by atoms with E-state index in [0.29, 0.717) is 48.7 Å². The highest BCUT2D eigenvalue weighted by Crippen LogP contribution is 2.47. The lowest BCUT2D eigenvalue weighted by Gasteiger charge is -2.31. The number of halogens is 3. The fraction of sp³-hybridized carbons (Fsp3) is 0.500. The summed E-state index contributed by atoms with van der Waals surface area (Å²) < 4.78 is 88.1. The van der Waals surface area contributed by atoms with Crippen LogP contribution < -0.4 is 13.7 Å². The van der Waals surface area contributed by atoms with Crippen molar-refractivity contribution >= 4 is 16.1 Å². The first-order valence-electron chi connectivity index (χ1n) is 11.3. The number of fused-ring (bicyclic) bond motifs is 3. The number of ether oxygens (including phenoxy) is 4. The monoisotopic (exact) mass is 547 g/mol. The van der Waals surface area contributed by atoms with E-state index in [1.54, 1.807) is 19.2 Å². The molecule has 1 aromatic heterocycles. The molecule has 0 radical (unpaired) electrons. The van der Waals surface area contributed by atoms with Crippen LogP contribution in [0.25, 0.3) is 11.3 Å². The van der Waals surface area contributed by atoms with E-state index in [9.17, 15) is 26.4 Å². The molecule has 9 nitrogen and oxygen atoms in total. The van der Waals surface area contributed by atoms with Gasteiger partial charge in [0.2, 0.25) is 5.88 Å². The summed E-state index contributed by atoms with van der Waals surface area (Å²) in [5.74, 6) is -1.50. The maximum Gasteiger partial charge on any atom is 0.534 e. The van der Waals surface area contributed by atoms with Gasteiger partial charge in [-0.05, 0) is 47.6 Å². The molecule has 3 rings (SSSR count). The van der Waals surface area contributed by atoms with Crippen LogP contribution in [0.4, 0.5) is 13.2 Å². The Morgan fingerprint density at radius 1 is 1.11 bits per heavy atom. The zero-order valence-electron chi connectivity index (χ0n) is 21.0. The van der Waals surface area contributed by atoms with Gasteiger partial charge in [-0.3, -0.25) is 0 Å². The van der Waals surface area contributed by atoms with Gasteiger partial charge in [0, 0.05) is 25.7 Å². The molecule has 0 fully saturated rings. The van der Waals surface area contributed by atoms with Crippen molar-refractivity contribution in [2.75, 3.05) is 34.5 Å². The summed E-state index contributed by atoms with van der Waals surface area (Å²) in [7, 11) is -2.08. The van der Waals surface area contributed by atoms with Gasteiger partial charge in [0.15, 0.2) is 11.5 Å². The number of methoxy groups -OCH3 is 3. The second-order valence-electron chi connectivity index (χ2n) is 8.66. The third-order valence-electron chi connectivity index (χ3n) is 5.93. The standard InChI is InChI=1S/C24H28F3NO8S/c1-13(2)15-9-14-10-20(35-8-6-7-32-3)19(33-4)12-16(14)21-17(15)11-18(23(29)34-5)22(28-21)36-37(30,31)24(25,26)27/h10-13,15H,6-9H2,1-5H3. The zero-order chi connectivity index (χ0) is 27.5. The SMILES string of the molecule is COCCCOc1cc2c(cc1OC)-c1nc(OS(=O)(=O)C(F)(F)F)c(C(=O)OC)cc1C(C(C)C)C2. The molecule has 1 aliphatic rings. The minimum atomic E-state index is -6.11. The molecule has 1 heterocycles. The molecule has 0 N–H and O–H groups in total. The summed E-state index contributed by atoms with van der Waals surface area (Å²) in [4.78, 5) is 16.5. The Morgan fingerprint density at radius 2 is 1.81 bits per heavy atom. The third-order valence-corrected chi connectivity index (χ3v) is 6.88. The zero-order valence-corrected chi connectivity index (χ0v) is 21.8. The first-order valence-corrected chi connectivity index (χ1v) is 12.7. The van der Waals surface area contributed by atoms with Crippen molar-refractivity contribution < 1.29 is 49.5 Å². The second kappa shape index (κ2) is 11.1. The number of benzene rings is 1. The number of alkyl halides is 3. The van der Waals surface area contributed by atoms with Crippen LogP contribution in [-0.2, 0) is 26.0 Å². The van der Waals surface area contributed by atoms with E-state index in [0.717, 1.165) is 12.7 Å². The number of rotatable bonds is 10. The summed E-state index contributed by atoms with van der Waals surface area (Å²) in [6, 6.07) is 4.66. The predicted molar refractivity (Wildman–Crippen MR) is 126 cm³/mol. The Kier molecular flexibility index (Phi) is 8.58. The van der Waals surface area contributed by atoms with Gasteiger partial charge in [-0.25, -0.2) is 9.78 Å². The smallest absolute Gasteiger partial charge is 0.493 e. The van der Waals surface area contributed by atoms with E-state index in [4.69, 9.17) is 14.2 Å². The van der Waals surface area contributed by atoms with Crippen molar-refractivity contribution in [1.29, 1.82) is 0 Å². The molecule has 1 unspecified atom stereocenters. The number of esters is 1. The van der Waals surface area contributed by atoms with Crippen LogP contribution in [0.2, 0.25) is 0 Å². The first-order chi connectivity index (χ1) is 17.3. The Balaban J connectivity index is 2.22. The maximum absolute atomic E-state index is 13.1. The van der Waals surface area contributed by atoms with E-state index in [1.807, 2.05) is 13.8 Å². The molecule has 1 aliphatic carbocycles. The van der Waals surface area contributed by atoms with Crippen LogP contribution in [0.15, 0.2) is 18.2 Å². The summed E-state index contributed by atoms with van der Waals surface area (Å²) in [5, 5.41) is 0. The first kappa shape index (κ1) is 28.5. The molecule has 1 atom stereocenters. The van der Waals surface area contributed by atoms with E-state index in [-0.39, 0.29) is 17.5 Å². The molecule has 0 saturated heterocycles. The molecule has 204 valence electrons. The van der Waals surface area contributed by atoms with Gasteiger partial charge in [0.05, 0.1) is 26.5 Å². The number of hydrogen-bond donors (Lipinski definition) is 0. The number of nitrogens with zero attached hydrogens (tertiary/aromatic N) is 1. The van der Waals surface area contributed by atoms with Crippen LogP contribution in [-0.4, -0.2) is 59.4 Å². The average Bonchev–Trinajstić information content (AvgIpc) is 2.83. The Hall–Kier alpha value is -3.06. The number of pyridine rings is 1. The Labute approximate surface area is 213 Å². The van der Waals surface area contributed by atoms with E-state index in [1.165, 1.54) is 13.2 Å². The number of carbonyl (C=O) groups excluding carboxylic acids is 1. The van der Waals surface area contributed by atoms with Crippen LogP contribution in [0.3, 0.4) is 0 Å². The lowest BCUT2D eigenvalue weighted by molar-refractivity contribution is -0.0501. The van der Waals surface area contributed by atoms with Gasteiger partial charge in [-0.15, -0.1) is 0 Å². The van der Waals surface area contributed by atoms with E-state index < -0.39 is 33.0 Å². The highest BCUT2D eigenvalue weighted by atomic mass is 32.2. The molecule has 0 aliphatic heterocycles. The molecule has 13 heteroatoms. The minimum absolute atomic E-state index is 0.0260. The van der Waals surface area contributed by atoms with Crippen LogP contribution in [0.5, 0.6) is 17.4 Å². The van der Waals surface area contributed by atoms with Crippen LogP contribution in [0.1, 0.15) is 47.7 Å². The second-order valence-corrected chi connectivity index (χ2v) is 10.2. The highest BCUT2D eigenvalue weighted by Gasteiger charge is 2.49. The van der Waals surface area contributed by atoms with Gasteiger partial charge in [0.1, 0.15) is 5.56 Å². The van der Waals surface area contributed by atoms with Gasteiger partial charge in [-0.2, -0.15) is 21.6 Å². The summed E-state index contributed by atoms with van der Waals surface area (Å²) in [6.45, 7) is 4.76. The maximum atomic E-state index is 13.1. The topological polar surface area (TPSA) is 110 Å². The fourth-order valence-corrected chi connectivity index (χ4v) is 4.50. The predicted octanol–water partition coefficient (Wildman–Crippen LogP) is 4.48. The van der Waals surface area contributed by atoms with E-state index in [2.05, 4.69) is 13.9 Å². The van der Waals surface area contributed by atoms with Crippen molar-refractivity contribution in [1.82, 2.24) is 4.98 Å². The molecule has 2 aromatic rings. The summed E-state index contributed by atoms with van der Waals surface area (Å²) in [5.41, 5.74) is -4.31. The van der Waals surface area contributed by atoms with Crippen molar-refractivity contribution in [2.45, 2.75) is 38.1 Å². The normalized spacial score (nSPS) is 15.1. The number of hydrogen-bond acceptors (Lipinski definition) is 9. The molecule has 0 saturated carbocycles. The molecule has 37 heavy (non-hydrogen) atoms. The third kappa shape index (κ3) is 5.93. The average molecular weight is 548 g/mol. The van der Waals surface area contributed by atoms with Crippen LogP contribution in [0, 0.1) is 5.92 Å². The lowest BCUT2D eigenvalue weighted by atomic mass is 9.75. The van der Waals surface area contributed by atoms with E-state index >= 15 is 0 Å². The molecule has 0 bridgehead atoms. The van der Waals surface area contributed by atoms with Gasteiger partial charge < -0.3 is 23.1 Å². The number of carbonyl (C=O) groups is 1. The quantitative estimate of drug-likeness (QED) is 0.184. The van der Waals surface area contributed by atoms with Crippen molar-refractivity contribution in [3.63, 3.8) is 0 Å². The highest BCUT2D eigenvalue weighted by molar-refractivity contribution is 7.88. The molecule has 0 amide bonds. The summed E-state index contributed by atoms with van der Waals surface area (Å²) >= 11 is 0. The van der Waals surface area contributed by atoms with Gasteiger partial charge >= 0.3 is 21.6 Å². The molecular formula is C24H28F3NO8S. The van der Waals surface area contributed by atoms with Gasteiger partial charge in [-0.1, -0.05) is 13.8 Å². The van der Waals surface area contributed by atoms with Crippen LogP contribution >= 0.6 is 0 Å². The fourth-order valence-electron chi connectivity index (χ4n) is 4.07. The molecule has 0 spiro atoms. The van der Waals surface area contributed by atoms with Gasteiger partial charge in [0.25, 0.3) is 0 Å². The summed E-state index contributed by atoms with van der Waals surface area (Å²) in [6.07, 6.45) is 1.14. The minimum Gasteiger partial charge on any atom is -0.493 e. The van der Waals surface area contributed by atoms with Crippen molar-refractivity contribution in [3.05, 3.63) is 34.9 Å².